The third-order valence-corrected chi connectivity index (χ3v) is 4.67. The quantitative estimate of drug-likeness (QED) is 0.803. The number of halogens is 1. The minimum Gasteiger partial charge on any atom is -0.493 e. The van der Waals surface area contributed by atoms with Gasteiger partial charge in [0, 0.05) is 19.0 Å². The Labute approximate surface area is 138 Å². The van der Waals surface area contributed by atoms with E-state index in [4.69, 9.17) is 9.72 Å². The van der Waals surface area contributed by atoms with Gasteiger partial charge in [0.2, 0.25) is 0 Å². The third-order valence-electron chi connectivity index (χ3n) is 3.61. The van der Waals surface area contributed by atoms with Crippen molar-refractivity contribution in [1.82, 2.24) is 9.97 Å². The van der Waals surface area contributed by atoms with Crippen LogP contribution in [0.15, 0.2) is 18.2 Å². The van der Waals surface area contributed by atoms with Crippen molar-refractivity contribution in [3.8, 4) is 17.1 Å². The fraction of sp³-hybridized carbons (Fsp3) is 0.375. The summed E-state index contributed by atoms with van der Waals surface area (Å²) >= 11 is 2.31. The van der Waals surface area contributed by atoms with Gasteiger partial charge >= 0.3 is 0 Å². The van der Waals surface area contributed by atoms with Crippen molar-refractivity contribution in [2.75, 3.05) is 19.0 Å². The smallest absolute Gasteiger partial charge is 0.161 e. The van der Waals surface area contributed by atoms with E-state index in [0.29, 0.717) is 5.92 Å². The predicted molar refractivity (Wildman–Crippen MR) is 93.0 cm³/mol. The fourth-order valence-electron chi connectivity index (χ4n) is 2.47. The van der Waals surface area contributed by atoms with Gasteiger partial charge in [-0.3, -0.25) is 0 Å². The molecule has 2 heterocycles. The highest BCUT2D eigenvalue weighted by molar-refractivity contribution is 14.1. The summed E-state index contributed by atoms with van der Waals surface area (Å²) in [6.07, 6.45) is 0.962. The number of ether oxygens (including phenoxy) is 1. The number of hydrogen-bond acceptors (Lipinski definition) is 4. The summed E-state index contributed by atoms with van der Waals surface area (Å²) in [7, 11) is 1.90. The molecule has 0 radical (unpaired) electrons. The molecule has 0 aliphatic carbocycles. The van der Waals surface area contributed by atoms with Gasteiger partial charge in [0.1, 0.15) is 11.6 Å². The molecule has 0 unspecified atom stereocenters. The number of benzene rings is 1. The first-order valence-electron chi connectivity index (χ1n) is 7.11. The van der Waals surface area contributed by atoms with Crippen LogP contribution in [0, 0.1) is 3.57 Å². The molecule has 1 aliphatic rings. The number of aromatic nitrogens is 2. The molecule has 21 heavy (non-hydrogen) atoms. The highest BCUT2D eigenvalue weighted by atomic mass is 127. The summed E-state index contributed by atoms with van der Waals surface area (Å²) in [5.74, 6) is 3.02. The first-order chi connectivity index (χ1) is 10.1. The number of rotatable bonds is 3. The first kappa shape index (κ1) is 14.6. The van der Waals surface area contributed by atoms with E-state index < -0.39 is 0 Å². The molecule has 1 aliphatic heterocycles. The zero-order valence-corrected chi connectivity index (χ0v) is 14.6. The first-order valence-corrected chi connectivity index (χ1v) is 8.19. The van der Waals surface area contributed by atoms with Gasteiger partial charge in [-0.15, -0.1) is 0 Å². The summed E-state index contributed by atoms with van der Waals surface area (Å²) in [4.78, 5) is 9.44. The van der Waals surface area contributed by atoms with Crippen LogP contribution in [0.2, 0.25) is 0 Å². The molecule has 1 aromatic heterocycles. The molecule has 0 saturated heterocycles. The van der Waals surface area contributed by atoms with Gasteiger partial charge in [0.05, 0.1) is 15.9 Å². The minimum absolute atomic E-state index is 0.364. The fourth-order valence-corrected chi connectivity index (χ4v) is 3.60. The van der Waals surface area contributed by atoms with Crippen molar-refractivity contribution < 1.29 is 4.74 Å². The van der Waals surface area contributed by atoms with Crippen molar-refractivity contribution in [2.45, 2.75) is 26.2 Å². The molecule has 4 nitrogen and oxygen atoms in total. The monoisotopic (exact) mass is 395 g/mol. The van der Waals surface area contributed by atoms with Crippen LogP contribution in [0.1, 0.15) is 31.0 Å². The average molecular weight is 395 g/mol. The summed E-state index contributed by atoms with van der Waals surface area (Å²) in [5, 5.41) is 3.17. The highest BCUT2D eigenvalue weighted by Gasteiger charge is 2.17. The van der Waals surface area contributed by atoms with E-state index in [1.807, 2.05) is 19.2 Å². The zero-order valence-electron chi connectivity index (χ0n) is 12.4. The maximum atomic E-state index is 5.56. The Morgan fingerprint density at radius 3 is 2.81 bits per heavy atom. The molecule has 110 valence electrons. The average Bonchev–Trinajstić information content (AvgIpc) is 2.94. The van der Waals surface area contributed by atoms with Crippen LogP contribution in [-0.2, 0) is 6.42 Å². The Morgan fingerprint density at radius 1 is 1.29 bits per heavy atom. The van der Waals surface area contributed by atoms with Gasteiger partial charge in [-0.05, 0) is 52.3 Å². The zero-order chi connectivity index (χ0) is 15.0. The van der Waals surface area contributed by atoms with Gasteiger partial charge in [0.15, 0.2) is 5.82 Å². The molecular formula is C16H18IN3O. The number of nitrogens with zero attached hydrogens (tertiary/aromatic N) is 2. The van der Waals surface area contributed by atoms with Crippen LogP contribution in [0.25, 0.3) is 11.4 Å². The van der Waals surface area contributed by atoms with E-state index in [9.17, 15) is 0 Å². The maximum absolute atomic E-state index is 5.56. The molecule has 3 rings (SSSR count). The summed E-state index contributed by atoms with van der Waals surface area (Å²) in [6, 6.07) is 6.21. The molecule has 0 spiro atoms. The van der Waals surface area contributed by atoms with Crippen LogP contribution in [0.5, 0.6) is 5.75 Å². The summed E-state index contributed by atoms with van der Waals surface area (Å²) in [5.41, 5.74) is 3.38. The van der Waals surface area contributed by atoms with Crippen molar-refractivity contribution >= 4 is 28.4 Å². The lowest BCUT2D eigenvalue weighted by molar-refractivity contribution is 0.357. The molecule has 1 N–H and O–H groups in total. The van der Waals surface area contributed by atoms with Crippen molar-refractivity contribution in [3.05, 3.63) is 33.0 Å². The van der Waals surface area contributed by atoms with Gasteiger partial charge < -0.3 is 10.1 Å². The molecule has 0 fully saturated rings. The second-order valence-corrected chi connectivity index (χ2v) is 6.50. The van der Waals surface area contributed by atoms with Crippen LogP contribution >= 0.6 is 22.6 Å². The molecule has 0 saturated carbocycles. The molecule has 5 heteroatoms. The van der Waals surface area contributed by atoms with E-state index in [2.05, 4.69) is 52.8 Å². The van der Waals surface area contributed by atoms with Gasteiger partial charge in [-0.1, -0.05) is 13.8 Å². The molecule has 1 aromatic carbocycles. The number of nitrogens with one attached hydrogen (secondary N) is 1. The Kier molecular flexibility index (Phi) is 4.01. The summed E-state index contributed by atoms with van der Waals surface area (Å²) in [6.45, 7) is 5.08. The maximum Gasteiger partial charge on any atom is 0.161 e. The van der Waals surface area contributed by atoms with E-state index >= 15 is 0 Å². The van der Waals surface area contributed by atoms with Crippen molar-refractivity contribution in [1.29, 1.82) is 0 Å². The Balaban J connectivity index is 2.11. The Hall–Kier alpha value is -1.37. The minimum atomic E-state index is 0.364. The lowest BCUT2D eigenvalue weighted by Crippen LogP contribution is -2.06. The standard InChI is InChI=1S/C16H18IN3O/c1-9(2)14-13(17)16(18-3)20-15(19-14)11-4-5-12-10(8-11)6-7-21-12/h4-5,8-9H,6-7H2,1-3H3,(H,18,19,20). The highest BCUT2D eigenvalue weighted by Crippen LogP contribution is 2.32. The van der Waals surface area contributed by atoms with Crippen molar-refractivity contribution in [3.63, 3.8) is 0 Å². The number of hydrogen-bond donors (Lipinski definition) is 1. The lowest BCUT2D eigenvalue weighted by atomic mass is 10.1. The van der Waals surface area contributed by atoms with E-state index in [1.54, 1.807) is 0 Å². The molecule has 0 bridgehead atoms. The SMILES string of the molecule is CNc1nc(-c2ccc3c(c2)CCO3)nc(C(C)C)c1I. The topological polar surface area (TPSA) is 47.0 Å². The summed E-state index contributed by atoms with van der Waals surface area (Å²) < 4.78 is 6.66. The normalized spacial score (nSPS) is 13.2. The van der Waals surface area contributed by atoms with E-state index in [-0.39, 0.29) is 0 Å². The Morgan fingerprint density at radius 2 is 2.10 bits per heavy atom. The van der Waals surface area contributed by atoms with Gasteiger partial charge in [-0.25, -0.2) is 9.97 Å². The van der Waals surface area contributed by atoms with Crippen LogP contribution in [-0.4, -0.2) is 23.6 Å². The Bertz CT molecular complexity index is 685. The van der Waals surface area contributed by atoms with E-state index in [0.717, 1.165) is 45.2 Å². The predicted octanol–water partition coefficient (Wildman–Crippen LogP) is 3.85. The molecule has 2 aromatic rings. The molecular weight excluding hydrogens is 377 g/mol. The number of fused-ring (bicyclic) bond motifs is 1. The number of anilines is 1. The molecule has 0 atom stereocenters. The third kappa shape index (κ3) is 2.71. The van der Waals surface area contributed by atoms with Crippen LogP contribution in [0.3, 0.4) is 0 Å². The van der Waals surface area contributed by atoms with Crippen LogP contribution < -0.4 is 10.1 Å². The second kappa shape index (κ2) is 5.79. The second-order valence-electron chi connectivity index (χ2n) is 5.42. The largest absolute Gasteiger partial charge is 0.493 e. The van der Waals surface area contributed by atoms with E-state index in [1.165, 1.54) is 5.56 Å². The lowest BCUT2D eigenvalue weighted by Gasteiger charge is -2.14. The van der Waals surface area contributed by atoms with Gasteiger partial charge in [0.25, 0.3) is 0 Å². The van der Waals surface area contributed by atoms with Crippen LogP contribution in [0.4, 0.5) is 5.82 Å². The van der Waals surface area contributed by atoms with Gasteiger partial charge in [-0.2, -0.15) is 0 Å². The van der Waals surface area contributed by atoms with Crippen molar-refractivity contribution in [2.24, 2.45) is 0 Å². The molecule has 0 amide bonds.